The van der Waals surface area contributed by atoms with Gasteiger partial charge in [-0.1, -0.05) is 35.9 Å². The molecule has 1 N–H and O–H groups in total. The van der Waals surface area contributed by atoms with Gasteiger partial charge in [0.1, 0.15) is 12.4 Å². The SMILES string of the molecule is CN1CCC[C@H]1COc1nc2c(c(N3CCN(C(=O)O)C(CC#N)C3)n1)CCN(c1cccc3cccc(Cl)c13)C2. The molecule has 1 amide bonds. The minimum Gasteiger partial charge on any atom is -0.465 e. The van der Waals surface area contributed by atoms with Gasteiger partial charge in [0.05, 0.1) is 35.8 Å². The van der Waals surface area contributed by atoms with E-state index in [0.717, 1.165) is 70.9 Å². The van der Waals surface area contributed by atoms with Gasteiger partial charge in [-0.15, -0.1) is 0 Å². The molecule has 0 saturated carbocycles. The van der Waals surface area contributed by atoms with Crippen LogP contribution in [0.25, 0.3) is 10.8 Å². The van der Waals surface area contributed by atoms with E-state index in [4.69, 9.17) is 26.3 Å². The number of hydrogen-bond acceptors (Lipinski definition) is 8. The molecule has 6 rings (SSSR count). The van der Waals surface area contributed by atoms with Gasteiger partial charge in [0, 0.05) is 48.9 Å². The quantitative estimate of drug-likeness (QED) is 0.457. The van der Waals surface area contributed by atoms with Crippen molar-refractivity contribution in [2.24, 2.45) is 0 Å². The molecule has 1 unspecified atom stereocenters. The van der Waals surface area contributed by atoms with Gasteiger partial charge in [-0.05, 0) is 50.4 Å². The zero-order chi connectivity index (χ0) is 28.5. The van der Waals surface area contributed by atoms with Gasteiger partial charge in [0.2, 0.25) is 0 Å². The van der Waals surface area contributed by atoms with Crippen molar-refractivity contribution in [1.29, 1.82) is 5.26 Å². The molecule has 0 bridgehead atoms. The van der Waals surface area contributed by atoms with Crippen LogP contribution in [0.5, 0.6) is 6.01 Å². The lowest BCUT2D eigenvalue weighted by atomic mass is 10.0. The van der Waals surface area contributed by atoms with Crippen molar-refractivity contribution in [2.75, 3.05) is 56.2 Å². The molecule has 2 atom stereocenters. The zero-order valence-electron chi connectivity index (χ0n) is 23.2. The van der Waals surface area contributed by atoms with Crippen LogP contribution >= 0.6 is 11.6 Å². The first-order valence-corrected chi connectivity index (χ1v) is 14.6. The number of halogens is 1. The second-order valence-corrected chi connectivity index (χ2v) is 11.5. The van der Waals surface area contributed by atoms with Crippen LogP contribution in [0.2, 0.25) is 5.02 Å². The molecule has 214 valence electrons. The summed E-state index contributed by atoms with van der Waals surface area (Å²) in [5.41, 5.74) is 3.02. The molecule has 41 heavy (non-hydrogen) atoms. The fourth-order valence-corrected chi connectivity index (χ4v) is 6.68. The molecule has 0 spiro atoms. The Kier molecular flexibility index (Phi) is 7.73. The summed E-state index contributed by atoms with van der Waals surface area (Å²) in [6.45, 7) is 4.11. The number of fused-ring (bicyclic) bond motifs is 2. The maximum atomic E-state index is 11.8. The van der Waals surface area contributed by atoms with Crippen molar-refractivity contribution in [3.63, 3.8) is 0 Å². The van der Waals surface area contributed by atoms with Gasteiger partial charge in [0.25, 0.3) is 0 Å². The van der Waals surface area contributed by atoms with E-state index in [1.54, 1.807) is 0 Å². The number of nitrogens with zero attached hydrogens (tertiary/aromatic N) is 7. The molecule has 10 nitrogen and oxygen atoms in total. The smallest absolute Gasteiger partial charge is 0.407 e. The maximum absolute atomic E-state index is 11.8. The summed E-state index contributed by atoms with van der Waals surface area (Å²) in [6, 6.07) is 14.6. The Balaban J connectivity index is 1.34. The number of rotatable bonds is 6. The molecule has 11 heteroatoms. The van der Waals surface area contributed by atoms with Crippen LogP contribution in [0.15, 0.2) is 36.4 Å². The number of carboxylic acid groups (broad SMARTS) is 1. The molecule has 4 heterocycles. The standard InChI is InChI=1S/C30H34ClN7O3/c1-35-13-4-7-22(35)19-41-29-33-25-18-36(26-9-3-6-20-5-2-8-24(31)27(20)26)14-11-23(25)28(34-29)37-15-16-38(30(39)40)21(17-37)10-12-32/h2-3,5-6,8-9,21-22H,4,7,10-11,13-19H2,1H3,(H,39,40)/t21?,22-/m0/s1. The number of aromatic nitrogens is 2. The number of nitriles is 1. The van der Waals surface area contributed by atoms with Crippen LogP contribution < -0.4 is 14.5 Å². The van der Waals surface area contributed by atoms with Gasteiger partial charge in [0.15, 0.2) is 0 Å². The summed E-state index contributed by atoms with van der Waals surface area (Å²) in [5, 5.41) is 21.9. The van der Waals surface area contributed by atoms with E-state index in [2.05, 4.69) is 52.1 Å². The highest BCUT2D eigenvalue weighted by Gasteiger charge is 2.34. The van der Waals surface area contributed by atoms with E-state index in [-0.39, 0.29) is 6.42 Å². The second-order valence-electron chi connectivity index (χ2n) is 11.1. The van der Waals surface area contributed by atoms with Gasteiger partial charge < -0.3 is 29.4 Å². The van der Waals surface area contributed by atoms with Crippen molar-refractivity contribution >= 4 is 40.0 Å². The third-order valence-corrected chi connectivity index (χ3v) is 8.94. The highest BCUT2D eigenvalue weighted by molar-refractivity contribution is 6.36. The molecule has 0 radical (unpaired) electrons. The van der Waals surface area contributed by atoms with Crippen molar-refractivity contribution < 1.29 is 14.6 Å². The van der Waals surface area contributed by atoms with Crippen LogP contribution in [0, 0.1) is 11.3 Å². The van der Waals surface area contributed by atoms with Crippen LogP contribution in [-0.2, 0) is 13.0 Å². The van der Waals surface area contributed by atoms with Gasteiger partial charge >= 0.3 is 12.1 Å². The van der Waals surface area contributed by atoms with Crippen molar-refractivity contribution in [1.82, 2.24) is 19.8 Å². The van der Waals surface area contributed by atoms with E-state index in [1.165, 1.54) is 4.90 Å². The first-order valence-electron chi connectivity index (χ1n) is 14.2. The Bertz CT molecular complexity index is 1490. The number of likely N-dealkylation sites (tertiary alicyclic amines) is 1. The van der Waals surface area contributed by atoms with E-state index in [0.29, 0.717) is 44.8 Å². The average Bonchev–Trinajstić information content (AvgIpc) is 3.39. The molecular weight excluding hydrogens is 542 g/mol. The van der Waals surface area contributed by atoms with Crippen molar-refractivity contribution in [3.8, 4) is 12.1 Å². The lowest BCUT2D eigenvalue weighted by molar-refractivity contribution is 0.119. The number of anilines is 2. The van der Waals surface area contributed by atoms with E-state index < -0.39 is 12.1 Å². The molecule has 0 aliphatic carbocycles. The number of ether oxygens (including phenoxy) is 1. The molecule has 1 aromatic heterocycles. The number of likely N-dealkylation sites (N-methyl/N-ethyl adjacent to an activating group) is 1. The topological polar surface area (TPSA) is 109 Å². The number of piperazine rings is 1. The highest BCUT2D eigenvalue weighted by atomic mass is 35.5. The lowest BCUT2D eigenvalue weighted by Crippen LogP contribution is -2.55. The Morgan fingerprint density at radius 1 is 1.12 bits per heavy atom. The van der Waals surface area contributed by atoms with Crippen LogP contribution in [0.1, 0.15) is 30.5 Å². The Morgan fingerprint density at radius 3 is 2.71 bits per heavy atom. The summed E-state index contributed by atoms with van der Waals surface area (Å²) in [4.78, 5) is 29.8. The monoisotopic (exact) mass is 575 g/mol. The maximum Gasteiger partial charge on any atom is 0.407 e. The molecular formula is C30H34ClN7O3. The van der Waals surface area contributed by atoms with Crippen LogP contribution in [0.3, 0.4) is 0 Å². The average molecular weight is 576 g/mol. The Labute approximate surface area is 244 Å². The van der Waals surface area contributed by atoms with Gasteiger partial charge in [-0.3, -0.25) is 0 Å². The first-order chi connectivity index (χ1) is 19.9. The Morgan fingerprint density at radius 2 is 1.95 bits per heavy atom. The number of carbonyl (C=O) groups is 1. The van der Waals surface area contributed by atoms with E-state index in [1.807, 2.05) is 12.1 Å². The summed E-state index contributed by atoms with van der Waals surface area (Å²) in [6.07, 6.45) is 2.08. The molecule has 3 aliphatic rings. The fourth-order valence-electron chi connectivity index (χ4n) is 6.40. The molecule has 2 aromatic carbocycles. The fraction of sp³-hybridized carbons (Fsp3) is 0.467. The molecule has 2 saturated heterocycles. The third-order valence-electron chi connectivity index (χ3n) is 8.63. The number of amides is 1. The predicted molar refractivity (Wildman–Crippen MR) is 158 cm³/mol. The second kappa shape index (κ2) is 11.6. The molecule has 2 fully saturated rings. The summed E-state index contributed by atoms with van der Waals surface area (Å²) < 4.78 is 6.23. The Hall–Kier alpha value is -3.81. The van der Waals surface area contributed by atoms with Crippen molar-refractivity contribution in [3.05, 3.63) is 52.7 Å². The summed E-state index contributed by atoms with van der Waals surface area (Å²) in [7, 11) is 2.12. The first kappa shape index (κ1) is 27.4. The van der Waals surface area contributed by atoms with E-state index >= 15 is 0 Å². The molecule has 3 aromatic rings. The minimum absolute atomic E-state index is 0.128. The summed E-state index contributed by atoms with van der Waals surface area (Å²) in [5.74, 6) is 0.786. The third kappa shape index (κ3) is 5.44. The van der Waals surface area contributed by atoms with E-state index in [9.17, 15) is 15.2 Å². The summed E-state index contributed by atoms with van der Waals surface area (Å²) >= 11 is 6.67. The highest BCUT2D eigenvalue weighted by Crippen LogP contribution is 2.37. The minimum atomic E-state index is -0.997. The zero-order valence-corrected chi connectivity index (χ0v) is 23.9. The lowest BCUT2D eigenvalue weighted by Gasteiger charge is -2.41. The van der Waals surface area contributed by atoms with Crippen molar-refractivity contribution in [2.45, 2.75) is 44.3 Å². The number of benzene rings is 2. The predicted octanol–water partition coefficient (Wildman–Crippen LogP) is 4.40. The van der Waals surface area contributed by atoms with Gasteiger partial charge in [-0.25, -0.2) is 4.79 Å². The van der Waals surface area contributed by atoms with Crippen LogP contribution in [-0.4, -0.2) is 89.4 Å². The number of hydrogen-bond donors (Lipinski definition) is 1. The van der Waals surface area contributed by atoms with Crippen LogP contribution in [0.4, 0.5) is 16.3 Å². The van der Waals surface area contributed by atoms with Gasteiger partial charge in [-0.2, -0.15) is 15.2 Å². The normalized spacial score (nSPS) is 21.1. The largest absolute Gasteiger partial charge is 0.465 e. The molecule has 3 aliphatic heterocycles.